The van der Waals surface area contributed by atoms with Gasteiger partial charge in [0.2, 0.25) is 0 Å². The van der Waals surface area contributed by atoms with Crippen LogP contribution in [0, 0.1) is 0 Å². The van der Waals surface area contributed by atoms with Gasteiger partial charge in [-0.1, -0.05) is 23.4 Å². The molecule has 0 spiro atoms. The van der Waals surface area contributed by atoms with E-state index in [1.807, 2.05) is 19.2 Å². The second-order valence-electron chi connectivity index (χ2n) is 7.16. The zero-order chi connectivity index (χ0) is 22.9. The first-order valence-electron chi connectivity index (χ1n) is 9.63. The minimum Gasteiger partial charge on any atom is -0.496 e. The van der Waals surface area contributed by atoms with Crippen LogP contribution >= 0.6 is 0 Å². The first-order valence-corrected chi connectivity index (χ1v) is 11.1. The molecular weight excluding hydrogens is 432 g/mol. The molecule has 2 aromatic carbocycles. The second kappa shape index (κ2) is 8.39. The number of nitrogens with zero attached hydrogens (tertiary/aromatic N) is 3. The standard InChI is InChI=1S/C22H22N4O5S/c1-14(2)16-6-7-20(17(12-16)29-3)32(27,28)25-22-21-18(30-4)10-15(11-19(21)31-24-22)13-26-9-5-8-23-26/h5-12H,1,13H2,2-4H3,(H,24,25). The summed E-state index contributed by atoms with van der Waals surface area (Å²) in [7, 11) is -1.13. The Morgan fingerprint density at radius 3 is 2.62 bits per heavy atom. The maximum absolute atomic E-state index is 13.1. The summed E-state index contributed by atoms with van der Waals surface area (Å²) in [5, 5.41) is 8.53. The molecule has 0 aliphatic carbocycles. The summed E-state index contributed by atoms with van der Waals surface area (Å²) in [6.07, 6.45) is 3.53. The number of anilines is 1. The summed E-state index contributed by atoms with van der Waals surface area (Å²) in [5.41, 5.74) is 2.81. The zero-order valence-electron chi connectivity index (χ0n) is 17.8. The fourth-order valence-corrected chi connectivity index (χ4v) is 4.49. The van der Waals surface area contributed by atoms with Crippen molar-refractivity contribution in [3.05, 3.63) is 66.5 Å². The monoisotopic (exact) mass is 454 g/mol. The van der Waals surface area contributed by atoms with Gasteiger partial charge >= 0.3 is 0 Å². The smallest absolute Gasteiger partial charge is 0.266 e. The van der Waals surface area contributed by atoms with Crippen LogP contribution in [0.1, 0.15) is 18.1 Å². The van der Waals surface area contributed by atoms with E-state index in [-0.39, 0.29) is 16.5 Å². The van der Waals surface area contributed by atoms with Crippen LogP contribution in [0.2, 0.25) is 0 Å². The Labute approximate surface area is 185 Å². The Morgan fingerprint density at radius 1 is 1.19 bits per heavy atom. The van der Waals surface area contributed by atoms with Gasteiger partial charge in [-0.3, -0.25) is 9.40 Å². The number of methoxy groups -OCH3 is 2. The van der Waals surface area contributed by atoms with E-state index in [0.717, 1.165) is 16.7 Å². The number of allylic oxidation sites excluding steroid dienone is 1. The second-order valence-corrected chi connectivity index (χ2v) is 8.81. The number of ether oxygens (including phenoxy) is 2. The molecule has 0 saturated carbocycles. The minimum absolute atomic E-state index is 0.0218. The van der Waals surface area contributed by atoms with Crippen molar-refractivity contribution in [2.75, 3.05) is 18.9 Å². The fraction of sp³-hybridized carbons (Fsp3) is 0.182. The number of benzene rings is 2. The topological polar surface area (TPSA) is 108 Å². The fourth-order valence-electron chi connectivity index (χ4n) is 3.33. The lowest BCUT2D eigenvalue weighted by Gasteiger charge is -2.12. The van der Waals surface area contributed by atoms with Crippen LogP contribution < -0.4 is 14.2 Å². The van der Waals surface area contributed by atoms with Crippen LogP contribution in [0.5, 0.6) is 11.5 Å². The summed E-state index contributed by atoms with van der Waals surface area (Å²) < 4.78 is 46.7. The van der Waals surface area contributed by atoms with Gasteiger partial charge in [-0.2, -0.15) is 5.10 Å². The van der Waals surface area contributed by atoms with Crippen molar-refractivity contribution in [2.24, 2.45) is 0 Å². The minimum atomic E-state index is -4.03. The van der Waals surface area contributed by atoms with Crippen molar-refractivity contribution < 1.29 is 22.4 Å². The maximum Gasteiger partial charge on any atom is 0.266 e. The molecule has 0 bridgehead atoms. The third-order valence-corrected chi connectivity index (χ3v) is 6.28. The quantitative estimate of drug-likeness (QED) is 0.430. The lowest BCUT2D eigenvalue weighted by atomic mass is 10.1. The van der Waals surface area contributed by atoms with Crippen molar-refractivity contribution in [3.63, 3.8) is 0 Å². The summed E-state index contributed by atoms with van der Waals surface area (Å²) in [6, 6.07) is 10.2. The summed E-state index contributed by atoms with van der Waals surface area (Å²) in [4.78, 5) is -0.0320. The molecule has 2 heterocycles. The molecule has 0 fully saturated rings. The molecule has 10 heteroatoms. The molecule has 2 aromatic heterocycles. The highest BCUT2D eigenvalue weighted by atomic mass is 32.2. The molecule has 0 atom stereocenters. The average molecular weight is 455 g/mol. The van der Waals surface area contributed by atoms with Gasteiger partial charge in [0, 0.05) is 12.4 Å². The summed E-state index contributed by atoms with van der Waals surface area (Å²) in [6.45, 7) is 6.20. The number of rotatable bonds is 8. The van der Waals surface area contributed by atoms with E-state index in [0.29, 0.717) is 23.3 Å². The van der Waals surface area contributed by atoms with E-state index in [9.17, 15) is 8.42 Å². The van der Waals surface area contributed by atoms with Crippen molar-refractivity contribution in [1.82, 2.24) is 14.9 Å². The zero-order valence-corrected chi connectivity index (χ0v) is 18.6. The highest BCUT2D eigenvalue weighted by Crippen LogP contribution is 2.36. The molecule has 4 rings (SSSR count). The Balaban J connectivity index is 1.72. The first-order chi connectivity index (χ1) is 15.3. The van der Waals surface area contributed by atoms with Gasteiger partial charge < -0.3 is 14.0 Å². The normalized spacial score (nSPS) is 11.5. The van der Waals surface area contributed by atoms with Crippen molar-refractivity contribution in [2.45, 2.75) is 18.4 Å². The number of hydrogen-bond donors (Lipinski definition) is 1. The third-order valence-electron chi connectivity index (χ3n) is 4.90. The van der Waals surface area contributed by atoms with Crippen LogP contribution in [0.15, 0.2) is 64.8 Å². The number of hydrogen-bond acceptors (Lipinski definition) is 7. The van der Waals surface area contributed by atoms with Gasteiger partial charge in [-0.05, 0) is 48.4 Å². The largest absolute Gasteiger partial charge is 0.496 e. The van der Waals surface area contributed by atoms with Crippen LogP contribution in [-0.2, 0) is 16.6 Å². The molecule has 166 valence electrons. The molecular formula is C22H22N4O5S. The lowest BCUT2D eigenvalue weighted by molar-refractivity contribution is 0.402. The molecule has 0 aliphatic rings. The van der Waals surface area contributed by atoms with Crippen LogP contribution in [0.4, 0.5) is 5.82 Å². The van der Waals surface area contributed by atoms with Crippen LogP contribution in [-0.4, -0.2) is 37.6 Å². The number of sulfonamides is 1. The SMILES string of the molecule is C=C(C)c1ccc(S(=O)(=O)Nc2noc3cc(Cn4cccn4)cc(OC)c23)c(OC)c1. The van der Waals surface area contributed by atoms with Gasteiger partial charge in [0.1, 0.15) is 21.8 Å². The van der Waals surface area contributed by atoms with Gasteiger partial charge in [-0.25, -0.2) is 8.42 Å². The molecule has 32 heavy (non-hydrogen) atoms. The Hall–Kier alpha value is -3.79. The molecule has 0 amide bonds. The third kappa shape index (κ3) is 4.04. The molecule has 0 aliphatic heterocycles. The van der Waals surface area contributed by atoms with Crippen molar-refractivity contribution in [3.8, 4) is 11.5 Å². The molecule has 0 radical (unpaired) electrons. The number of aromatic nitrogens is 3. The summed E-state index contributed by atoms with van der Waals surface area (Å²) in [5.74, 6) is 0.640. The van der Waals surface area contributed by atoms with E-state index in [1.54, 1.807) is 35.1 Å². The van der Waals surface area contributed by atoms with E-state index in [1.165, 1.54) is 20.3 Å². The average Bonchev–Trinajstić information content (AvgIpc) is 3.42. The molecule has 0 saturated heterocycles. The van der Waals surface area contributed by atoms with Crippen molar-refractivity contribution >= 4 is 32.4 Å². The predicted octanol–water partition coefficient (Wildman–Crippen LogP) is 3.92. The van der Waals surface area contributed by atoms with Crippen molar-refractivity contribution in [1.29, 1.82) is 0 Å². The Morgan fingerprint density at radius 2 is 1.97 bits per heavy atom. The van der Waals surface area contributed by atoms with E-state index in [4.69, 9.17) is 14.0 Å². The number of fused-ring (bicyclic) bond motifs is 1. The first kappa shape index (κ1) is 21.4. The summed E-state index contributed by atoms with van der Waals surface area (Å²) >= 11 is 0. The highest BCUT2D eigenvalue weighted by Gasteiger charge is 2.25. The lowest BCUT2D eigenvalue weighted by Crippen LogP contribution is -2.14. The van der Waals surface area contributed by atoms with Gasteiger partial charge in [0.15, 0.2) is 11.4 Å². The molecule has 9 nitrogen and oxygen atoms in total. The van der Waals surface area contributed by atoms with Crippen LogP contribution in [0.25, 0.3) is 16.5 Å². The molecule has 0 unspecified atom stereocenters. The van der Waals surface area contributed by atoms with Gasteiger partial charge in [-0.15, -0.1) is 0 Å². The van der Waals surface area contributed by atoms with E-state index < -0.39 is 10.0 Å². The van der Waals surface area contributed by atoms with E-state index >= 15 is 0 Å². The highest BCUT2D eigenvalue weighted by molar-refractivity contribution is 7.92. The van der Waals surface area contributed by atoms with Crippen LogP contribution in [0.3, 0.4) is 0 Å². The molecule has 1 N–H and O–H groups in total. The predicted molar refractivity (Wildman–Crippen MR) is 120 cm³/mol. The van der Waals surface area contributed by atoms with E-state index in [2.05, 4.69) is 21.6 Å². The maximum atomic E-state index is 13.1. The Bertz CT molecular complexity index is 1390. The molecule has 4 aromatic rings. The number of nitrogens with one attached hydrogen (secondary N) is 1. The van der Waals surface area contributed by atoms with Gasteiger partial charge in [0.05, 0.1) is 20.8 Å². The van der Waals surface area contributed by atoms with Gasteiger partial charge in [0.25, 0.3) is 10.0 Å². The Kier molecular flexibility index (Phi) is 5.62.